The zero-order valence-electron chi connectivity index (χ0n) is 15.3. The molecule has 0 bridgehead atoms. The molecular weight excluding hydrogens is 356 g/mol. The molecule has 1 saturated heterocycles. The molecule has 7 heteroatoms. The van der Waals surface area contributed by atoms with Crippen LogP contribution in [-0.4, -0.2) is 51.1 Å². The summed E-state index contributed by atoms with van der Waals surface area (Å²) in [7, 11) is 0. The molecule has 1 aliphatic rings. The van der Waals surface area contributed by atoms with E-state index in [0.717, 1.165) is 10.9 Å². The lowest BCUT2D eigenvalue weighted by Gasteiger charge is -2.36. The minimum atomic E-state index is -0.707. The van der Waals surface area contributed by atoms with Gasteiger partial charge in [-0.1, -0.05) is 24.3 Å². The molecule has 2 aromatic heterocycles. The van der Waals surface area contributed by atoms with Crippen molar-refractivity contribution in [1.29, 1.82) is 0 Å². The normalized spacial score (nSPS) is 20.2. The highest BCUT2D eigenvalue weighted by Gasteiger charge is 2.29. The van der Waals surface area contributed by atoms with Crippen LogP contribution < -0.4 is 10.9 Å². The summed E-state index contributed by atoms with van der Waals surface area (Å²) in [5, 5.41) is 14.3. The van der Waals surface area contributed by atoms with Crippen molar-refractivity contribution in [3.05, 3.63) is 76.3 Å². The summed E-state index contributed by atoms with van der Waals surface area (Å²) < 4.78 is 0. The number of aliphatic hydroxyl groups excluding tert-OH is 1. The molecule has 2 atom stereocenters. The second-order valence-corrected chi connectivity index (χ2v) is 7.10. The number of nitrogens with zero attached hydrogens (tertiary/aromatic N) is 2. The molecule has 1 aromatic carbocycles. The SMILES string of the molecule is O=C(N[C@@H]1CCN(Cc2cc3ccccc3[nH]c2=O)C[C@H]1O)c1ccccn1. The van der Waals surface area contributed by atoms with Gasteiger partial charge >= 0.3 is 0 Å². The molecule has 1 aliphatic heterocycles. The van der Waals surface area contributed by atoms with E-state index in [9.17, 15) is 14.7 Å². The summed E-state index contributed by atoms with van der Waals surface area (Å²) in [6, 6.07) is 14.4. The standard InChI is InChI=1S/C21H22N4O3/c26-19-13-25(10-8-17(19)24-21(28)18-7-3-4-9-22-18)12-15-11-14-5-1-2-6-16(14)23-20(15)27/h1-7,9,11,17,19,26H,8,10,12-13H2,(H,23,27)(H,24,28)/t17-,19-/m1/s1. The van der Waals surface area contributed by atoms with Gasteiger partial charge in [-0.05, 0) is 36.1 Å². The molecule has 7 nitrogen and oxygen atoms in total. The number of fused-ring (bicyclic) bond motifs is 1. The van der Waals surface area contributed by atoms with Crippen molar-refractivity contribution in [3.8, 4) is 0 Å². The molecule has 28 heavy (non-hydrogen) atoms. The fraction of sp³-hybridized carbons (Fsp3) is 0.286. The predicted molar refractivity (Wildman–Crippen MR) is 106 cm³/mol. The minimum Gasteiger partial charge on any atom is -0.390 e. The van der Waals surface area contributed by atoms with Crippen LogP contribution in [0.1, 0.15) is 22.5 Å². The number of aromatic amines is 1. The Bertz CT molecular complexity index is 1030. The molecule has 3 heterocycles. The van der Waals surface area contributed by atoms with Gasteiger partial charge in [-0.15, -0.1) is 0 Å². The van der Waals surface area contributed by atoms with E-state index in [4.69, 9.17) is 0 Å². The van der Waals surface area contributed by atoms with Crippen LogP contribution in [0.25, 0.3) is 10.9 Å². The van der Waals surface area contributed by atoms with Gasteiger partial charge in [0.25, 0.3) is 11.5 Å². The van der Waals surface area contributed by atoms with Crippen LogP contribution in [0.5, 0.6) is 0 Å². The van der Waals surface area contributed by atoms with Gasteiger partial charge in [0, 0.05) is 36.9 Å². The summed E-state index contributed by atoms with van der Waals surface area (Å²) in [5.74, 6) is -0.288. The van der Waals surface area contributed by atoms with Gasteiger partial charge in [0.1, 0.15) is 5.69 Å². The van der Waals surface area contributed by atoms with E-state index in [-0.39, 0.29) is 17.5 Å². The number of H-pyrrole nitrogens is 1. The molecule has 0 aliphatic carbocycles. The number of amides is 1. The predicted octanol–water partition coefficient (Wildman–Crippen LogP) is 1.29. The van der Waals surface area contributed by atoms with Gasteiger partial charge in [0.2, 0.25) is 0 Å². The first-order valence-corrected chi connectivity index (χ1v) is 9.33. The van der Waals surface area contributed by atoms with Crippen LogP contribution in [0.2, 0.25) is 0 Å². The number of likely N-dealkylation sites (tertiary alicyclic amines) is 1. The number of β-amino-alcohol motifs (C(OH)–C–C–N with tert-alkyl or cyclic N) is 1. The van der Waals surface area contributed by atoms with Gasteiger partial charge in [-0.2, -0.15) is 0 Å². The largest absolute Gasteiger partial charge is 0.390 e. The van der Waals surface area contributed by atoms with Crippen molar-refractivity contribution >= 4 is 16.8 Å². The number of aliphatic hydroxyl groups is 1. The Kier molecular flexibility index (Phi) is 5.18. The van der Waals surface area contributed by atoms with Gasteiger partial charge < -0.3 is 15.4 Å². The second-order valence-electron chi connectivity index (χ2n) is 7.10. The maximum absolute atomic E-state index is 12.3. The number of aromatic nitrogens is 2. The zero-order valence-corrected chi connectivity index (χ0v) is 15.3. The Morgan fingerprint density at radius 1 is 1.25 bits per heavy atom. The fourth-order valence-electron chi connectivity index (χ4n) is 3.60. The highest BCUT2D eigenvalue weighted by Crippen LogP contribution is 2.16. The third-order valence-corrected chi connectivity index (χ3v) is 5.10. The third-order valence-electron chi connectivity index (χ3n) is 5.10. The Labute approximate surface area is 162 Å². The lowest BCUT2D eigenvalue weighted by molar-refractivity contribution is 0.0347. The second kappa shape index (κ2) is 7.92. The van der Waals surface area contributed by atoms with Crippen LogP contribution in [-0.2, 0) is 6.54 Å². The minimum absolute atomic E-state index is 0.112. The van der Waals surface area contributed by atoms with Gasteiger partial charge in [0.05, 0.1) is 12.1 Å². The maximum atomic E-state index is 12.3. The Balaban J connectivity index is 1.40. The maximum Gasteiger partial charge on any atom is 0.270 e. The number of hydrogen-bond acceptors (Lipinski definition) is 5. The first-order chi connectivity index (χ1) is 13.6. The van der Waals surface area contributed by atoms with Crippen LogP contribution in [0.15, 0.2) is 59.5 Å². The zero-order chi connectivity index (χ0) is 19.5. The van der Waals surface area contributed by atoms with Gasteiger partial charge in [-0.25, -0.2) is 0 Å². The number of benzene rings is 1. The van der Waals surface area contributed by atoms with E-state index >= 15 is 0 Å². The highest BCUT2D eigenvalue weighted by molar-refractivity contribution is 5.92. The lowest BCUT2D eigenvalue weighted by Crippen LogP contribution is -2.54. The molecule has 144 valence electrons. The molecule has 1 fully saturated rings. The number of carbonyl (C=O) groups excluding carboxylic acids is 1. The molecule has 4 rings (SSSR count). The van der Waals surface area contributed by atoms with Crippen molar-refractivity contribution in [2.75, 3.05) is 13.1 Å². The molecule has 3 N–H and O–H groups in total. The smallest absolute Gasteiger partial charge is 0.270 e. The summed E-state index contributed by atoms with van der Waals surface area (Å²) in [4.78, 5) is 33.6. The number of pyridine rings is 2. The Morgan fingerprint density at radius 2 is 2.07 bits per heavy atom. The summed E-state index contributed by atoms with van der Waals surface area (Å²) in [5.41, 5.74) is 1.70. The van der Waals surface area contributed by atoms with Crippen LogP contribution >= 0.6 is 0 Å². The molecular formula is C21H22N4O3. The Hall–Kier alpha value is -3.03. The average molecular weight is 378 g/mol. The van der Waals surface area contributed by atoms with E-state index in [1.54, 1.807) is 24.4 Å². The number of rotatable bonds is 4. The molecule has 0 unspecified atom stereocenters. The van der Waals surface area contributed by atoms with Crippen LogP contribution in [0.4, 0.5) is 0 Å². The Morgan fingerprint density at radius 3 is 2.86 bits per heavy atom. The van der Waals surface area contributed by atoms with Crippen molar-refractivity contribution < 1.29 is 9.90 Å². The summed E-state index contributed by atoms with van der Waals surface area (Å²) >= 11 is 0. The average Bonchev–Trinajstić information content (AvgIpc) is 2.71. The number of nitrogens with one attached hydrogen (secondary N) is 2. The monoisotopic (exact) mass is 378 g/mol. The van der Waals surface area contributed by atoms with E-state index in [0.29, 0.717) is 37.3 Å². The number of hydrogen-bond donors (Lipinski definition) is 3. The number of para-hydroxylation sites is 1. The molecule has 3 aromatic rings. The summed E-state index contributed by atoms with van der Waals surface area (Å²) in [6.45, 7) is 1.52. The molecule has 1 amide bonds. The van der Waals surface area contributed by atoms with Gasteiger partial charge in [-0.3, -0.25) is 19.5 Å². The van der Waals surface area contributed by atoms with Gasteiger partial charge in [0.15, 0.2) is 0 Å². The van der Waals surface area contributed by atoms with E-state index in [1.807, 2.05) is 35.2 Å². The van der Waals surface area contributed by atoms with E-state index < -0.39 is 6.10 Å². The number of piperidine rings is 1. The van der Waals surface area contributed by atoms with Crippen LogP contribution in [0, 0.1) is 0 Å². The van der Waals surface area contributed by atoms with Crippen molar-refractivity contribution in [2.24, 2.45) is 0 Å². The summed E-state index contributed by atoms with van der Waals surface area (Å²) in [6.07, 6.45) is 1.46. The third kappa shape index (κ3) is 3.95. The topological polar surface area (TPSA) is 98.3 Å². The van der Waals surface area contributed by atoms with E-state index in [1.165, 1.54) is 0 Å². The lowest BCUT2D eigenvalue weighted by atomic mass is 10.0. The van der Waals surface area contributed by atoms with Crippen molar-refractivity contribution in [1.82, 2.24) is 20.2 Å². The number of carbonyl (C=O) groups is 1. The van der Waals surface area contributed by atoms with Crippen molar-refractivity contribution in [2.45, 2.75) is 25.1 Å². The van der Waals surface area contributed by atoms with E-state index in [2.05, 4.69) is 15.3 Å². The molecule has 0 radical (unpaired) electrons. The highest BCUT2D eigenvalue weighted by atomic mass is 16.3. The quantitative estimate of drug-likeness (QED) is 0.635. The molecule has 0 spiro atoms. The first kappa shape index (κ1) is 18.3. The first-order valence-electron chi connectivity index (χ1n) is 9.33. The van der Waals surface area contributed by atoms with Crippen molar-refractivity contribution in [3.63, 3.8) is 0 Å². The molecule has 0 saturated carbocycles. The van der Waals surface area contributed by atoms with Crippen LogP contribution in [0.3, 0.4) is 0 Å². The fourth-order valence-corrected chi connectivity index (χ4v) is 3.60.